The summed E-state index contributed by atoms with van der Waals surface area (Å²) in [6.07, 6.45) is 3.12. The SMILES string of the molecule is c1ccc2c(c1)Cc1cc3c(cc1-2)-c1ccc2c(c1C3)Cc1cccc3c4ccccc4n-2c13. The van der Waals surface area contributed by atoms with Crippen molar-refractivity contribution in [3.05, 3.63) is 124 Å². The number of benzene rings is 5. The Hall–Kier alpha value is -4.10. The minimum atomic E-state index is 1.02. The summed E-state index contributed by atoms with van der Waals surface area (Å²) in [4.78, 5) is 0. The highest BCUT2D eigenvalue weighted by Gasteiger charge is 2.30. The van der Waals surface area contributed by atoms with E-state index in [2.05, 4.69) is 95.6 Å². The molecule has 34 heavy (non-hydrogen) atoms. The van der Waals surface area contributed by atoms with E-state index in [1.54, 1.807) is 0 Å². The topological polar surface area (TPSA) is 4.93 Å². The van der Waals surface area contributed by atoms with E-state index in [0.29, 0.717) is 0 Å². The Kier molecular flexibility index (Phi) is 3.00. The molecule has 1 aliphatic heterocycles. The lowest BCUT2D eigenvalue weighted by atomic mass is 9.91. The predicted molar refractivity (Wildman–Crippen MR) is 140 cm³/mol. The first-order valence-corrected chi connectivity index (χ1v) is 12.3. The number of hydrogen-bond acceptors (Lipinski definition) is 0. The van der Waals surface area contributed by atoms with Crippen LogP contribution in [-0.2, 0) is 19.3 Å². The zero-order valence-electron chi connectivity index (χ0n) is 18.7. The van der Waals surface area contributed by atoms with Gasteiger partial charge < -0.3 is 4.57 Å². The molecular formula is C33H21N. The molecule has 158 valence electrons. The number of fused-ring (bicyclic) bond motifs is 12. The summed E-state index contributed by atoms with van der Waals surface area (Å²) in [5, 5.41) is 2.73. The van der Waals surface area contributed by atoms with Crippen LogP contribution in [0.5, 0.6) is 0 Å². The van der Waals surface area contributed by atoms with E-state index >= 15 is 0 Å². The molecule has 0 N–H and O–H groups in total. The van der Waals surface area contributed by atoms with Crippen molar-refractivity contribution in [1.82, 2.24) is 4.57 Å². The van der Waals surface area contributed by atoms with Crippen LogP contribution in [0.4, 0.5) is 0 Å². The average Bonchev–Trinajstić information content (AvgIpc) is 3.53. The van der Waals surface area contributed by atoms with Crippen LogP contribution in [0.15, 0.2) is 91.0 Å². The Bertz CT molecular complexity index is 1880. The van der Waals surface area contributed by atoms with E-state index in [1.165, 1.54) is 83.1 Å². The monoisotopic (exact) mass is 431 g/mol. The van der Waals surface area contributed by atoms with Crippen LogP contribution in [0, 0.1) is 0 Å². The molecule has 0 bridgehead atoms. The van der Waals surface area contributed by atoms with Crippen molar-refractivity contribution >= 4 is 21.8 Å². The standard InChI is InChI=1S/C33H21N/c1-2-8-23-19(6-1)14-21-15-22-17-29-24(28(22)18-27(21)23)12-13-32-30(29)16-20-7-5-10-26-25-9-3-4-11-31(25)34(32)33(20)26/h1-13,15,18H,14,16-17H2. The fourth-order valence-corrected chi connectivity index (χ4v) is 7.04. The molecule has 0 amide bonds. The Morgan fingerprint density at radius 3 is 2.24 bits per heavy atom. The summed E-state index contributed by atoms with van der Waals surface area (Å²) in [6.45, 7) is 0. The molecule has 0 saturated carbocycles. The quantitative estimate of drug-likeness (QED) is 0.231. The van der Waals surface area contributed by atoms with Gasteiger partial charge in [0.15, 0.2) is 0 Å². The Balaban J connectivity index is 1.30. The van der Waals surface area contributed by atoms with Gasteiger partial charge in [-0.15, -0.1) is 0 Å². The first-order valence-electron chi connectivity index (χ1n) is 12.3. The van der Waals surface area contributed by atoms with Gasteiger partial charge in [0.05, 0.1) is 16.7 Å². The molecule has 0 saturated heterocycles. The van der Waals surface area contributed by atoms with Crippen LogP contribution < -0.4 is 0 Å². The summed E-state index contributed by atoms with van der Waals surface area (Å²) in [6, 6.07) is 34.4. The van der Waals surface area contributed by atoms with Crippen molar-refractivity contribution in [1.29, 1.82) is 0 Å². The summed E-state index contributed by atoms with van der Waals surface area (Å²) in [5.74, 6) is 0. The van der Waals surface area contributed by atoms with Crippen molar-refractivity contribution in [2.45, 2.75) is 19.3 Å². The molecular weight excluding hydrogens is 410 g/mol. The summed E-state index contributed by atoms with van der Waals surface area (Å²) in [5.41, 5.74) is 18.7. The molecule has 0 unspecified atom stereocenters. The first kappa shape index (κ1) is 17.4. The molecule has 3 aliphatic rings. The molecule has 0 fully saturated rings. The molecule has 0 spiro atoms. The Morgan fingerprint density at radius 2 is 1.24 bits per heavy atom. The van der Waals surface area contributed by atoms with Crippen LogP contribution in [0.2, 0.25) is 0 Å². The molecule has 9 rings (SSSR count). The maximum Gasteiger partial charge on any atom is 0.0576 e. The van der Waals surface area contributed by atoms with Crippen molar-refractivity contribution in [2.75, 3.05) is 0 Å². The third-order valence-electron chi connectivity index (χ3n) is 8.47. The molecule has 2 aliphatic carbocycles. The van der Waals surface area contributed by atoms with Gasteiger partial charge in [0.1, 0.15) is 0 Å². The third kappa shape index (κ3) is 1.98. The first-order chi connectivity index (χ1) is 16.8. The predicted octanol–water partition coefficient (Wildman–Crippen LogP) is 7.83. The third-order valence-corrected chi connectivity index (χ3v) is 8.47. The van der Waals surface area contributed by atoms with Gasteiger partial charge in [0.2, 0.25) is 0 Å². The van der Waals surface area contributed by atoms with Crippen LogP contribution in [-0.4, -0.2) is 4.57 Å². The smallest absolute Gasteiger partial charge is 0.0576 e. The van der Waals surface area contributed by atoms with Crippen LogP contribution in [0.3, 0.4) is 0 Å². The van der Waals surface area contributed by atoms with Gasteiger partial charge >= 0.3 is 0 Å². The highest BCUT2D eigenvalue weighted by atomic mass is 15.0. The van der Waals surface area contributed by atoms with E-state index < -0.39 is 0 Å². The number of nitrogens with zero attached hydrogens (tertiary/aromatic N) is 1. The van der Waals surface area contributed by atoms with Crippen LogP contribution in [0.25, 0.3) is 49.7 Å². The zero-order chi connectivity index (χ0) is 22.0. The van der Waals surface area contributed by atoms with Gasteiger partial charge in [0, 0.05) is 17.2 Å². The molecule has 0 radical (unpaired) electrons. The molecule has 6 aromatic rings. The van der Waals surface area contributed by atoms with Crippen molar-refractivity contribution in [3.8, 4) is 27.9 Å². The van der Waals surface area contributed by atoms with Crippen LogP contribution in [0.1, 0.15) is 33.4 Å². The molecule has 1 heteroatoms. The Morgan fingerprint density at radius 1 is 0.471 bits per heavy atom. The molecule has 1 nitrogen and oxygen atoms in total. The lowest BCUT2D eigenvalue weighted by molar-refractivity contribution is 1.02. The number of aromatic nitrogens is 1. The Labute approximate surface area is 197 Å². The number of rotatable bonds is 0. The maximum atomic E-state index is 2.53. The lowest BCUT2D eigenvalue weighted by Gasteiger charge is -2.23. The zero-order valence-corrected chi connectivity index (χ0v) is 18.7. The second-order valence-electron chi connectivity index (χ2n) is 10.1. The molecule has 1 aromatic heterocycles. The van der Waals surface area contributed by atoms with Crippen molar-refractivity contribution < 1.29 is 0 Å². The fourth-order valence-electron chi connectivity index (χ4n) is 7.04. The summed E-state index contributed by atoms with van der Waals surface area (Å²) in [7, 11) is 0. The van der Waals surface area contributed by atoms with Gasteiger partial charge in [-0.05, 0) is 86.7 Å². The highest BCUT2D eigenvalue weighted by Crippen LogP contribution is 2.48. The van der Waals surface area contributed by atoms with Gasteiger partial charge in [0.25, 0.3) is 0 Å². The van der Waals surface area contributed by atoms with Crippen LogP contribution >= 0.6 is 0 Å². The maximum absolute atomic E-state index is 2.53. The molecule has 0 atom stereocenters. The van der Waals surface area contributed by atoms with Crippen molar-refractivity contribution in [3.63, 3.8) is 0 Å². The van der Waals surface area contributed by atoms with E-state index in [0.717, 1.165) is 19.3 Å². The van der Waals surface area contributed by atoms with E-state index in [-0.39, 0.29) is 0 Å². The van der Waals surface area contributed by atoms with Gasteiger partial charge in [-0.25, -0.2) is 0 Å². The summed E-state index contributed by atoms with van der Waals surface area (Å²) >= 11 is 0. The highest BCUT2D eigenvalue weighted by molar-refractivity contribution is 6.11. The van der Waals surface area contributed by atoms with E-state index in [1.807, 2.05) is 0 Å². The minimum absolute atomic E-state index is 1.02. The second kappa shape index (κ2) is 5.87. The van der Waals surface area contributed by atoms with Gasteiger partial charge in [-0.3, -0.25) is 0 Å². The minimum Gasteiger partial charge on any atom is -0.309 e. The largest absolute Gasteiger partial charge is 0.309 e. The molecule has 2 heterocycles. The lowest BCUT2D eigenvalue weighted by Crippen LogP contribution is -2.10. The van der Waals surface area contributed by atoms with Gasteiger partial charge in [-0.1, -0.05) is 72.8 Å². The average molecular weight is 432 g/mol. The van der Waals surface area contributed by atoms with Gasteiger partial charge in [-0.2, -0.15) is 0 Å². The van der Waals surface area contributed by atoms with E-state index in [4.69, 9.17) is 0 Å². The fraction of sp³-hybridized carbons (Fsp3) is 0.0909. The van der Waals surface area contributed by atoms with E-state index in [9.17, 15) is 0 Å². The summed E-state index contributed by atoms with van der Waals surface area (Å²) < 4.78 is 2.53. The second-order valence-corrected chi connectivity index (χ2v) is 10.1. The number of para-hydroxylation sites is 2. The molecule has 5 aromatic carbocycles. The normalized spacial score (nSPS) is 14.1. The number of hydrogen-bond donors (Lipinski definition) is 0. The van der Waals surface area contributed by atoms with Crippen molar-refractivity contribution in [2.24, 2.45) is 0 Å².